The van der Waals surface area contributed by atoms with Gasteiger partial charge in [0.2, 0.25) is 5.91 Å². The van der Waals surface area contributed by atoms with Crippen molar-refractivity contribution in [2.75, 3.05) is 40.9 Å². The fourth-order valence-corrected chi connectivity index (χ4v) is 9.82. The van der Waals surface area contributed by atoms with Crippen LogP contribution >= 0.6 is 7.82 Å². The van der Waals surface area contributed by atoms with Crippen LogP contribution in [0.15, 0.2) is 12.2 Å². The summed E-state index contributed by atoms with van der Waals surface area (Å²) in [6.45, 7) is 4.70. The number of hydrogen-bond donors (Lipinski definition) is 2. The number of nitrogens with one attached hydrogen (secondary N) is 1. The van der Waals surface area contributed by atoms with E-state index < -0.39 is 20.0 Å². The van der Waals surface area contributed by atoms with Crippen molar-refractivity contribution in [3.8, 4) is 0 Å². The van der Waals surface area contributed by atoms with Crippen LogP contribution in [-0.2, 0) is 18.4 Å². The smallest absolute Gasteiger partial charge is 0.268 e. The molecule has 67 heavy (non-hydrogen) atoms. The zero-order valence-corrected chi connectivity index (χ0v) is 46.5. The summed E-state index contributed by atoms with van der Waals surface area (Å²) in [4.78, 5) is 25.5. The zero-order valence-electron chi connectivity index (χ0n) is 45.6. The Morgan fingerprint density at radius 1 is 0.507 bits per heavy atom. The lowest BCUT2D eigenvalue weighted by atomic mass is 10.0. The third-order valence-electron chi connectivity index (χ3n) is 13.7. The quantitative estimate of drug-likeness (QED) is 0.0272. The first-order valence-electron chi connectivity index (χ1n) is 29.6. The van der Waals surface area contributed by atoms with Crippen LogP contribution in [0.25, 0.3) is 0 Å². The van der Waals surface area contributed by atoms with E-state index in [-0.39, 0.29) is 19.1 Å². The first-order valence-corrected chi connectivity index (χ1v) is 31.0. The van der Waals surface area contributed by atoms with Crippen LogP contribution in [0.4, 0.5) is 0 Å². The molecule has 0 aliphatic carbocycles. The monoisotopic (exact) mass is 969 g/mol. The molecule has 2 N–H and O–H groups in total. The maximum Gasteiger partial charge on any atom is 0.268 e. The Morgan fingerprint density at radius 3 is 1.12 bits per heavy atom. The van der Waals surface area contributed by atoms with Gasteiger partial charge in [0, 0.05) is 6.42 Å². The summed E-state index contributed by atoms with van der Waals surface area (Å²) in [5.74, 6) is -0.190. The molecular formula is C58H117N2O6P. The predicted octanol–water partition coefficient (Wildman–Crippen LogP) is 17.2. The van der Waals surface area contributed by atoms with E-state index in [9.17, 15) is 19.4 Å². The zero-order chi connectivity index (χ0) is 49.2. The highest BCUT2D eigenvalue weighted by atomic mass is 31.2. The SMILES string of the molecule is CCCCCCCCCCCCCCCCCCCCCCCCC/C=C/C(O)C(COP(=O)([O-])OCC[N+](C)(C)C)NC(=O)CCCCCCCCCCCCCCCCCCCCCC. The molecule has 400 valence electrons. The molecule has 0 spiro atoms. The van der Waals surface area contributed by atoms with Gasteiger partial charge in [0.05, 0.1) is 39.9 Å². The van der Waals surface area contributed by atoms with E-state index in [4.69, 9.17) is 9.05 Å². The summed E-state index contributed by atoms with van der Waals surface area (Å²) in [6.07, 6.45) is 61.4. The van der Waals surface area contributed by atoms with Crippen LogP contribution in [-0.4, -0.2) is 68.5 Å². The summed E-state index contributed by atoms with van der Waals surface area (Å²) >= 11 is 0. The number of likely N-dealkylation sites (N-methyl/N-ethyl adjacent to an activating group) is 1. The number of aliphatic hydroxyl groups is 1. The van der Waals surface area contributed by atoms with E-state index in [1.54, 1.807) is 6.08 Å². The van der Waals surface area contributed by atoms with Crippen molar-refractivity contribution in [2.45, 2.75) is 315 Å². The molecule has 1 amide bonds. The van der Waals surface area contributed by atoms with E-state index in [0.29, 0.717) is 17.4 Å². The van der Waals surface area contributed by atoms with Gasteiger partial charge in [0.25, 0.3) is 7.82 Å². The van der Waals surface area contributed by atoms with Crippen LogP contribution in [0.3, 0.4) is 0 Å². The number of allylic oxidation sites excluding steroid dienone is 1. The molecule has 0 aromatic heterocycles. The Kier molecular flexibility index (Phi) is 49.6. The minimum absolute atomic E-state index is 0.00274. The second kappa shape index (κ2) is 50.2. The predicted molar refractivity (Wildman–Crippen MR) is 289 cm³/mol. The maximum atomic E-state index is 13.0. The van der Waals surface area contributed by atoms with Crippen molar-refractivity contribution in [3.63, 3.8) is 0 Å². The lowest BCUT2D eigenvalue weighted by Gasteiger charge is -2.29. The van der Waals surface area contributed by atoms with Crippen molar-refractivity contribution in [3.05, 3.63) is 12.2 Å². The van der Waals surface area contributed by atoms with Crippen LogP contribution in [0.1, 0.15) is 303 Å². The molecule has 9 heteroatoms. The van der Waals surface area contributed by atoms with Crippen molar-refractivity contribution >= 4 is 13.7 Å². The second-order valence-corrected chi connectivity index (χ2v) is 23.1. The fraction of sp³-hybridized carbons (Fsp3) is 0.948. The van der Waals surface area contributed by atoms with Gasteiger partial charge in [-0.2, -0.15) is 0 Å². The molecule has 0 heterocycles. The Bertz CT molecular complexity index is 1100. The van der Waals surface area contributed by atoms with E-state index in [0.717, 1.165) is 38.5 Å². The highest BCUT2D eigenvalue weighted by Crippen LogP contribution is 2.38. The molecular weight excluding hydrogens is 852 g/mol. The van der Waals surface area contributed by atoms with Gasteiger partial charge in [-0.1, -0.05) is 289 Å². The molecule has 0 rings (SSSR count). The van der Waals surface area contributed by atoms with Gasteiger partial charge in [0.1, 0.15) is 13.2 Å². The second-order valence-electron chi connectivity index (χ2n) is 21.7. The molecule has 0 saturated carbocycles. The highest BCUT2D eigenvalue weighted by molar-refractivity contribution is 7.45. The number of amides is 1. The number of hydrogen-bond acceptors (Lipinski definition) is 6. The van der Waals surface area contributed by atoms with Crippen LogP contribution in [0.2, 0.25) is 0 Å². The topological polar surface area (TPSA) is 108 Å². The average Bonchev–Trinajstić information content (AvgIpc) is 3.29. The van der Waals surface area contributed by atoms with Crippen LogP contribution < -0.4 is 10.2 Å². The molecule has 0 aliphatic rings. The normalized spacial score (nSPS) is 14.0. The molecule has 0 aromatic rings. The fourth-order valence-electron chi connectivity index (χ4n) is 9.10. The first-order chi connectivity index (χ1) is 32.5. The number of nitrogens with zero attached hydrogens (tertiary/aromatic N) is 1. The molecule has 0 aromatic carbocycles. The number of rotatable bonds is 55. The van der Waals surface area contributed by atoms with Gasteiger partial charge < -0.3 is 28.8 Å². The Balaban J connectivity index is 4.16. The number of phosphoric ester groups is 1. The van der Waals surface area contributed by atoms with Gasteiger partial charge >= 0.3 is 0 Å². The van der Waals surface area contributed by atoms with Crippen molar-refractivity contribution in [1.29, 1.82) is 0 Å². The van der Waals surface area contributed by atoms with Crippen molar-refractivity contribution in [1.82, 2.24) is 5.32 Å². The van der Waals surface area contributed by atoms with Gasteiger partial charge in [-0.25, -0.2) is 0 Å². The van der Waals surface area contributed by atoms with Crippen LogP contribution in [0, 0.1) is 0 Å². The minimum atomic E-state index is -4.59. The third-order valence-corrected chi connectivity index (χ3v) is 14.7. The Hall–Kier alpha value is -0.760. The third kappa shape index (κ3) is 52.9. The number of carbonyl (C=O) groups excluding carboxylic acids is 1. The largest absolute Gasteiger partial charge is 0.756 e. The van der Waals surface area contributed by atoms with Crippen molar-refractivity contribution in [2.24, 2.45) is 0 Å². The number of phosphoric acid groups is 1. The molecule has 0 saturated heterocycles. The number of quaternary nitrogens is 1. The van der Waals surface area contributed by atoms with Gasteiger partial charge in [-0.3, -0.25) is 9.36 Å². The summed E-state index contributed by atoms with van der Waals surface area (Å²) in [5, 5.41) is 13.9. The molecule has 0 bridgehead atoms. The van der Waals surface area contributed by atoms with E-state index in [1.807, 2.05) is 27.2 Å². The Morgan fingerprint density at radius 2 is 0.806 bits per heavy atom. The number of aliphatic hydroxyl groups excluding tert-OH is 1. The summed E-state index contributed by atoms with van der Waals surface area (Å²) in [6, 6.07) is -0.882. The lowest BCUT2D eigenvalue weighted by molar-refractivity contribution is -0.870. The number of unbranched alkanes of at least 4 members (excludes halogenated alkanes) is 42. The van der Waals surface area contributed by atoms with Crippen LogP contribution in [0.5, 0.6) is 0 Å². The lowest BCUT2D eigenvalue weighted by Crippen LogP contribution is -2.45. The summed E-state index contributed by atoms with van der Waals surface area (Å²) < 4.78 is 23.4. The van der Waals surface area contributed by atoms with Crippen molar-refractivity contribution < 1.29 is 32.9 Å². The molecule has 8 nitrogen and oxygen atoms in total. The molecule has 0 fully saturated rings. The number of carbonyl (C=O) groups is 1. The van der Waals surface area contributed by atoms with Gasteiger partial charge in [-0.15, -0.1) is 0 Å². The maximum absolute atomic E-state index is 13.0. The van der Waals surface area contributed by atoms with E-state index in [2.05, 4.69) is 19.2 Å². The molecule has 3 unspecified atom stereocenters. The average molecular weight is 970 g/mol. The van der Waals surface area contributed by atoms with E-state index in [1.165, 1.54) is 244 Å². The molecule has 0 radical (unpaired) electrons. The molecule has 3 atom stereocenters. The summed E-state index contributed by atoms with van der Waals surface area (Å²) in [7, 11) is 1.28. The Labute approximate surface area is 418 Å². The van der Waals surface area contributed by atoms with Gasteiger partial charge in [0.15, 0.2) is 0 Å². The summed E-state index contributed by atoms with van der Waals surface area (Å²) in [5.41, 5.74) is 0. The highest BCUT2D eigenvalue weighted by Gasteiger charge is 2.23. The van der Waals surface area contributed by atoms with E-state index >= 15 is 0 Å². The molecule has 0 aliphatic heterocycles. The first kappa shape index (κ1) is 66.2. The standard InChI is InChI=1S/C58H117N2O6P/c1-6-8-10-12-14-16-18-20-22-24-26-28-29-30-31-32-33-35-37-39-41-43-45-47-49-51-57(61)56(55-66-67(63,64)65-54-53-60(3,4)5)59-58(62)52-50-48-46-44-42-40-38-36-34-27-25-23-21-19-17-15-13-11-9-7-2/h49,51,56-57,61H,6-48,50,52-55H2,1-5H3,(H-,59,62,63,64)/b51-49+. The minimum Gasteiger partial charge on any atom is -0.756 e. The van der Waals surface area contributed by atoms with Gasteiger partial charge in [-0.05, 0) is 19.3 Å².